The summed E-state index contributed by atoms with van der Waals surface area (Å²) in [4.78, 5) is 3.89. The van der Waals surface area contributed by atoms with E-state index in [4.69, 9.17) is 11.6 Å². The van der Waals surface area contributed by atoms with Gasteiger partial charge in [-0.2, -0.15) is 0 Å². The number of piperidine rings is 1. The van der Waals surface area contributed by atoms with Crippen molar-refractivity contribution in [3.63, 3.8) is 0 Å². The highest BCUT2D eigenvalue weighted by atomic mass is 35.5. The van der Waals surface area contributed by atoms with E-state index in [2.05, 4.69) is 30.1 Å². The Balaban J connectivity index is 1.59. The van der Waals surface area contributed by atoms with Crippen LogP contribution in [0, 0.1) is 5.41 Å². The predicted molar refractivity (Wildman–Crippen MR) is 80.5 cm³/mol. The molecular weight excluding hydrogens is 264 g/mol. The summed E-state index contributed by atoms with van der Waals surface area (Å²) in [6, 6.07) is 4.07. The fraction of sp³-hybridized carbons (Fsp3) is 0.714. The first-order valence-electron chi connectivity index (χ1n) is 6.72. The average Bonchev–Trinajstić information content (AvgIpc) is 2.72. The van der Waals surface area contributed by atoms with E-state index in [1.165, 1.54) is 30.8 Å². The normalized spacial score (nSPS) is 20.2. The first-order valence-corrected chi connectivity index (χ1v) is 7.92. The molecule has 1 aliphatic rings. The molecule has 0 saturated carbocycles. The van der Waals surface area contributed by atoms with Crippen LogP contribution in [0.5, 0.6) is 0 Å². The molecule has 2 nitrogen and oxygen atoms in total. The molecule has 0 atom stereocenters. The van der Waals surface area contributed by atoms with E-state index < -0.39 is 0 Å². The first-order chi connectivity index (χ1) is 8.55. The van der Waals surface area contributed by atoms with Gasteiger partial charge in [0.25, 0.3) is 0 Å². The number of hydrogen-bond donors (Lipinski definition) is 1. The second kappa shape index (κ2) is 6.38. The fourth-order valence-electron chi connectivity index (χ4n) is 2.28. The summed E-state index contributed by atoms with van der Waals surface area (Å²) in [6.07, 6.45) is 2.65. The lowest BCUT2D eigenvalue weighted by molar-refractivity contribution is 0.133. The quantitative estimate of drug-likeness (QED) is 0.832. The Morgan fingerprint density at radius 3 is 2.67 bits per heavy atom. The highest BCUT2D eigenvalue weighted by Gasteiger charge is 2.24. The molecule has 0 unspecified atom stereocenters. The minimum Gasteiger partial charge on any atom is -0.311 e. The molecule has 2 rings (SSSR count). The largest absolute Gasteiger partial charge is 0.311 e. The molecule has 1 aromatic rings. The van der Waals surface area contributed by atoms with E-state index in [1.807, 2.05) is 6.07 Å². The van der Waals surface area contributed by atoms with Crippen LogP contribution in [0.4, 0.5) is 0 Å². The minimum absolute atomic E-state index is 0.553. The van der Waals surface area contributed by atoms with E-state index in [-0.39, 0.29) is 0 Å². The van der Waals surface area contributed by atoms with Crippen molar-refractivity contribution in [3.8, 4) is 0 Å². The Kier molecular flexibility index (Phi) is 5.07. The molecule has 0 bridgehead atoms. The summed E-state index contributed by atoms with van der Waals surface area (Å²) in [5.74, 6) is 0. The number of halogens is 1. The van der Waals surface area contributed by atoms with Crippen LogP contribution >= 0.6 is 22.9 Å². The first kappa shape index (κ1) is 14.3. The van der Waals surface area contributed by atoms with Crippen molar-refractivity contribution in [2.75, 3.05) is 26.2 Å². The molecule has 4 heteroatoms. The molecule has 18 heavy (non-hydrogen) atoms. The van der Waals surface area contributed by atoms with E-state index >= 15 is 0 Å². The number of rotatable bonds is 5. The molecule has 0 amide bonds. The van der Waals surface area contributed by atoms with Gasteiger partial charge in [-0.25, -0.2) is 0 Å². The average molecular weight is 287 g/mol. The highest BCUT2D eigenvalue weighted by molar-refractivity contribution is 7.16. The molecule has 1 aliphatic heterocycles. The topological polar surface area (TPSA) is 15.3 Å². The van der Waals surface area contributed by atoms with Crippen LogP contribution in [0.1, 0.15) is 31.6 Å². The Morgan fingerprint density at radius 2 is 2.06 bits per heavy atom. The fourth-order valence-corrected chi connectivity index (χ4v) is 3.33. The zero-order chi connectivity index (χ0) is 13.0. The van der Waals surface area contributed by atoms with Crippen molar-refractivity contribution in [1.29, 1.82) is 0 Å². The molecule has 1 saturated heterocycles. The molecule has 1 aromatic heterocycles. The van der Waals surface area contributed by atoms with Gasteiger partial charge < -0.3 is 10.2 Å². The van der Waals surface area contributed by atoms with Gasteiger partial charge in [0.05, 0.1) is 4.34 Å². The molecule has 1 fully saturated rings. The van der Waals surface area contributed by atoms with Gasteiger partial charge in [-0.1, -0.05) is 25.4 Å². The monoisotopic (exact) mass is 286 g/mol. The number of nitrogens with one attached hydrogen (secondary N) is 1. The maximum Gasteiger partial charge on any atom is 0.0931 e. The standard InChI is InChI=1S/C14H23ClN2S/c1-14(2)5-8-17(9-6-14)10-7-16-11-12-3-4-13(15)18-12/h3-4,16H,5-11H2,1-2H3. The van der Waals surface area contributed by atoms with Crippen LogP contribution in [0.25, 0.3) is 0 Å². The van der Waals surface area contributed by atoms with Crippen molar-refractivity contribution >= 4 is 22.9 Å². The van der Waals surface area contributed by atoms with E-state index in [9.17, 15) is 0 Å². The van der Waals surface area contributed by atoms with Gasteiger partial charge in [-0.05, 0) is 43.5 Å². The van der Waals surface area contributed by atoms with Crippen molar-refractivity contribution in [2.24, 2.45) is 5.41 Å². The van der Waals surface area contributed by atoms with Gasteiger partial charge >= 0.3 is 0 Å². The van der Waals surface area contributed by atoms with Gasteiger partial charge in [-0.15, -0.1) is 11.3 Å². The lowest BCUT2D eigenvalue weighted by Crippen LogP contribution is -2.40. The molecular formula is C14H23ClN2S. The van der Waals surface area contributed by atoms with E-state index in [1.54, 1.807) is 11.3 Å². The SMILES string of the molecule is CC1(C)CCN(CCNCc2ccc(Cl)s2)CC1. The summed E-state index contributed by atoms with van der Waals surface area (Å²) >= 11 is 7.57. The molecule has 0 aromatic carbocycles. The van der Waals surface area contributed by atoms with Gasteiger partial charge in [0, 0.05) is 24.5 Å². The summed E-state index contributed by atoms with van der Waals surface area (Å²) < 4.78 is 0.880. The molecule has 2 heterocycles. The zero-order valence-corrected chi connectivity index (χ0v) is 12.9. The van der Waals surface area contributed by atoms with Crippen LogP contribution in [-0.2, 0) is 6.54 Å². The maximum atomic E-state index is 5.90. The Bertz CT molecular complexity index is 366. The minimum atomic E-state index is 0.553. The number of nitrogens with zero attached hydrogens (tertiary/aromatic N) is 1. The summed E-state index contributed by atoms with van der Waals surface area (Å²) in [5, 5.41) is 3.49. The zero-order valence-electron chi connectivity index (χ0n) is 11.3. The van der Waals surface area contributed by atoms with Crippen molar-refractivity contribution in [3.05, 3.63) is 21.3 Å². The number of hydrogen-bond acceptors (Lipinski definition) is 3. The molecule has 102 valence electrons. The third-order valence-corrected chi connectivity index (χ3v) is 4.97. The lowest BCUT2D eigenvalue weighted by Gasteiger charge is -2.36. The Morgan fingerprint density at radius 1 is 1.33 bits per heavy atom. The highest BCUT2D eigenvalue weighted by Crippen LogP contribution is 2.29. The second-order valence-electron chi connectivity index (χ2n) is 5.89. The van der Waals surface area contributed by atoms with Crippen LogP contribution in [-0.4, -0.2) is 31.1 Å². The third kappa shape index (κ3) is 4.54. The van der Waals surface area contributed by atoms with Gasteiger partial charge in [0.15, 0.2) is 0 Å². The summed E-state index contributed by atoms with van der Waals surface area (Å²) in [6.45, 7) is 10.4. The molecule has 0 aliphatic carbocycles. The molecule has 1 N–H and O–H groups in total. The summed E-state index contributed by atoms with van der Waals surface area (Å²) in [7, 11) is 0. The van der Waals surface area contributed by atoms with Crippen LogP contribution in [0.2, 0.25) is 4.34 Å². The van der Waals surface area contributed by atoms with Crippen LogP contribution in [0.3, 0.4) is 0 Å². The van der Waals surface area contributed by atoms with Gasteiger partial charge in [0.1, 0.15) is 0 Å². The second-order valence-corrected chi connectivity index (χ2v) is 7.69. The third-order valence-electron chi connectivity index (χ3n) is 3.74. The van der Waals surface area contributed by atoms with Gasteiger partial charge in [0.2, 0.25) is 0 Å². The smallest absolute Gasteiger partial charge is 0.0931 e. The van der Waals surface area contributed by atoms with Crippen LogP contribution < -0.4 is 5.32 Å². The Hall–Kier alpha value is -0.0900. The van der Waals surface area contributed by atoms with Crippen LogP contribution in [0.15, 0.2) is 12.1 Å². The number of likely N-dealkylation sites (tertiary alicyclic amines) is 1. The molecule has 0 spiro atoms. The number of thiophene rings is 1. The predicted octanol–water partition coefficient (Wildman–Crippen LogP) is 3.61. The van der Waals surface area contributed by atoms with Crippen molar-refractivity contribution < 1.29 is 0 Å². The summed E-state index contributed by atoms with van der Waals surface area (Å²) in [5.41, 5.74) is 0.553. The molecule has 0 radical (unpaired) electrons. The van der Waals surface area contributed by atoms with Gasteiger partial charge in [-0.3, -0.25) is 0 Å². The lowest BCUT2D eigenvalue weighted by atomic mass is 9.83. The van der Waals surface area contributed by atoms with Crippen molar-refractivity contribution in [2.45, 2.75) is 33.2 Å². The van der Waals surface area contributed by atoms with E-state index in [0.29, 0.717) is 5.41 Å². The van der Waals surface area contributed by atoms with E-state index in [0.717, 1.165) is 24.0 Å². The maximum absolute atomic E-state index is 5.90. The Labute approximate surface area is 119 Å². The van der Waals surface area contributed by atoms with Crippen molar-refractivity contribution in [1.82, 2.24) is 10.2 Å².